The molecule has 0 saturated carbocycles. The van der Waals surface area contributed by atoms with Gasteiger partial charge in [-0.1, -0.05) is 18.2 Å². The average Bonchev–Trinajstić information content (AvgIpc) is 3.09. The van der Waals surface area contributed by atoms with Gasteiger partial charge in [0.2, 0.25) is 0 Å². The van der Waals surface area contributed by atoms with Crippen LogP contribution in [0.25, 0.3) is 5.69 Å². The van der Waals surface area contributed by atoms with E-state index >= 15 is 0 Å². The lowest BCUT2D eigenvalue weighted by atomic mass is 10.3. The molecule has 4 nitrogen and oxygen atoms in total. The number of carbonyl (C=O) groups excluding carboxylic acids is 1. The van der Waals surface area contributed by atoms with Crippen LogP contribution in [0.3, 0.4) is 0 Å². The molecule has 0 bridgehead atoms. The second-order valence-corrected chi connectivity index (χ2v) is 4.27. The van der Waals surface area contributed by atoms with Crippen LogP contribution in [0, 0.1) is 0 Å². The summed E-state index contributed by atoms with van der Waals surface area (Å²) in [5.41, 5.74) is 2.61. The van der Waals surface area contributed by atoms with Gasteiger partial charge in [-0.25, -0.2) is 4.68 Å². The van der Waals surface area contributed by atoms with E-state index in [1.54, 1.807) is 6.07 Å². The van der Waals surface area contributed by atoms with Gasteiger partial charge in [0.1, 0.15) is 0 Å². The molecule has 0 aliphatic carbocycles. The summed E-state index contributed by atoms with van der Waals surface area (Å²) in [6, 6.07) is 15.6. The highest BCUT2D eigenvalue weighted by molar-refractivity contribution is 5.72. The van der Waals surface area contributed by atoms with Crippen molar-refractivity contribution in [3.63, 3.8) is 0 Å². The fourth-order valence-corrected chi connectivity index (χ4v) is 2.02. The number of rotatable bonds is 4. The monoisotopic (exact) mass is 251 g/mol. The van der Waals surface area contributed by atoms with E-state index in [2.05, 4.69) is 5.10 Å². The molecule has 0 spiro atoms. The highest BCUT2D eigenvalue weighted by Gasteiger charge is 2.04. The molecular weight excluding hydrogens is 238 g/mol. The van der Waals surface area contributed by atoms with Crippen molar-refractivity contribution in [1.82, 2.24) is 14.3 Å². The van der Waals surface area contributed by atoms with Crippen molar-refractivity contribution in [3.05, 3.63) is 72.3 Å². The van der Waals surface area contributed by atoms with Crippen LogP contribution in [0.5, 0.6) is 0 Å². The van der Waals surface area contributed by atoms with Crippen molar-refractivity contribution in [1.29, 1.82) is 0 Å². The molecule has 94 valence electrons. The Morgan fingerprint density at radius 2 is 1.84 bits per heavy atom. The number of benzene rings is 1. The summed E-state index contributed by atoms with van der Waals surface area (Å²) in [6.45, 7) is 0.598. The summed E-state index contributed by atoms with van der Waals surface area (Å²) in [5, 5.41) is 4.51. The third-order valence-corrected chi connectivity index (χ3v) is 2.98. The van der Waals surface area contributed by atoms with Gasteiger partial charge in [-0.2, -0.15) is 5.10 Å². The molecule has 0 saturated heterocycles. The lowest BCUT2D eigenvalue weighted by molar-refractivity contribution is 0.111. The predicted octanol–water partition coefficient (Wildman–Crippen LogP) is 2.53. The van der Waals surface area contributed by atoms with Crippen LogP contribution in [0.15, 0.2) is 60.9 Å². The number of aldehydes is 1. The lowest BCUT2D eigenvalue weighted by Crippen LogP contribution is -2.04. The molecular formula is C15H13N3O. The van der Waals surface area contributed by atoms with Gasteiger partial charge in [-0.05, 0) is 30.3 Å². The van der Waals surface area contributed by atoms with Crippen LogP contribution < -0.4 is 0 Å². The number of hydrogen-bond donors (Lipinski definition) is 0. The second kappa shape index (κ2) is 4.94. The molecule has 0 aliphatic rings. The number of nitrogens with zero attached hydrogens (tertiary/aromatic N) is 3. The van der Waals surface area contributed by atoms with E-state index in [0.717, 1.165) is 17.7 Å². The number of aromatic nitrogens is 3. The summed E-state index contributed by atoms with van der Waals surface area (Å²) < 4.78 is 3.71. The normalized spacial score (nSPS) is 10.5. The highest BCUT2D eigenvalue weighted by Crippen LogP contribution is 2.09. The molecule has 0 fully saturated rings. The average molecular weight is 251 g/mol. The Morgan fingerprint density at radius 1 is 1.00 bits per heavy atom. The van der Waals surface area contributed by atoms with Gasteiger partial charge < -0.3 is 4.57 Å². The van der Waals surface area contributed by atoms with Crippen LogP contribution >= 0.6 is 0 Å². The first-order valence-electron chi connectivity index (χ1n) is 6.07. The van der Waals surface area contributed by atoms with E-state index < -0.39 is 0 Å². The van der Waals surface area contributed by atoms with Crippen molar-refractivity contribution >= 4 is 6.29 Å². The zero-order valence-corrected chi connectivity index (χ0v) is 10.3. The first-order chi connectivity index (χ1) is 9.36. The lowest BCUT2D eigenvalue weighted by Gasteiger charge is -2.03. The summed E-state index contributed by atoms with van der Waals surface area (Å²) in [5.74, 6) is 0. The molecule has 0 atom stereocenters. The minimum absolute atomic E-state index is 0.598. The molecule has 3 aromatic rings. The Bertz CT molecular complexity index is 682. The van der Waals surface area contributed by atoms with E-state index in [-0.39, 0.29) is 0 Å². The van der Waals surface area contributed by atoms with E-state index in [1.807, 2.05) is 64.1 Å². The molecule has 0 amide bonds. The van der Waals surface area contributed by atoms with Crippen molar-refractivity contribution < 1.29 is 4.79 Å². The van der Waals surface area contributed by atoms with Gasteiger partial charge in [0.25, 0.3) is 0 Å². The first-order valence-corrected chi connectivity index (χ1v) is 6.07. The van der Waals surface area contributed by atoms with Crippen molar-refractivity contribution in [3.8, 4) is 5.69 Å². The molecule has 0 aliphatic heterocycles. The number of carbonyl (C=O) groups is 1. The fraction of sp³-hybridized carbons (Fsp3) is 0.0667. The Labute approximate surface area is 110 Å². The third-order valence-electron chi connectivity index (χ3n) is 2.98. The minimum atomic E-state index is 0.598. The second-order valence-electron chi connectivity index (χ2n) is 4.27. The van der Waals surface area contributed by atoms with Crippen LogP contribution in [0.1, 0.15) is 16.2 Å². The zero-order chi connectivity index (χ0) is 13.1. The van der Waals surface area contributed by atoms with E-state index in [9.17, 15) is 4.79 Å². The third kappa shape index (κ3) is 2.33. The maximum atomic E-state index is 10.9. The molecule has 2 aromatic heterocycles. The quantitative estimate of drug-likeness (QED) is 0.668. The highest BCUT2D eigenvalue weighted by atomic mass is 16.1. The molecule has 3 rings (SSSR count). The summed E-state index contributed by atoms with van der Waals surface area (Å²) in [4.78, 5) is 10.9. The summed E-state index contributed by atoms with van der Waals surface area (Å²) in [6.07, 6.45) is 4.66. The van der Waals surface area contributed by atoms with Crippen LogP contribution in [0.4, 0.5) is 0 Å². The summed E-state index contributed by atoms with van der Waals surface area (Å²) in [7, 11) is 0. The van der Waals surface area contributed by atoms with Gasteiger partial charge in [-0.15, -0.1) is 0 Å². The molecule has 19 heavy (non-hydrogen) atoms. The Kier molecular flexibility index (Phi) is 2.98. The predicted molar refractivity (Wildman–Crippen MR) is 72.5 cm³/mol. The molecule has 0 radical (unpaired) electrons. The molecule has 1 aromatic carbocycles. The van der Waals surface area contributed by atoms with Gasteiger partial charge in [0, 0.05) is 12.4 Å². The van der Waals surface area contributed by atoms with Gasteiger partial charge in [0.15, 0.2) is 6.29 Å². The van der Waals surface area contributed by atoms with Gasteiger partial charge in [0.05, 0.1) is 23.6 Å². The van der Waals surface area contributed by atoms with Crippen LogP contribution in [-0.2, 0) is 6.54 Å². The SMILES string of the molecule is O=Cc1cccn1Cc1ccn(-c2ccccc2)n1. The standard InChI is InChI=1S/C15H13N3O/c19-12-15-7-4-9-17(15)11-13-8-10-18(16-13)14-5-2-1-3-6-14/h1-10,12H,11H2. The Hall–Kier alpha value is -2.62. The number of hydrogen-bond acceptors (Lipinski definition) is 2. The number of para-hydroxylation sites is 1. The van der Waals surface area contributed by atoms with E-state index in [4.69, 9.17) is 0 Å². The van der Waals surface area contributed by atoms with Crippen molar-refractivity contribution in [2.24, 2.45) is 0 Å². The molecule has 4 heteroatoms. The Morgan fingerprint density at radius 3 is 2.63 bits per heavy atom. The molecule has 2 heterocycles. The van der Waals surface area contributed by atoms with Crippen LogP contribution in [-0.4, -0.2) is 20.6 Å². The molecule has 0 unspecified atom stereocenters. The fourth-order valence-electron chi connectivity index (χ4n) is 2.02. The maximum Gasteiger partial charge on any atom is 0.166 e. The maximum absolute atomic E-state index is 10.9. The summed E-state index contributed by atoms with van der Waals surface area (Å²) >= 11 is 0. The molecule has 0 N–H and O–H groups in total. The van der Waals surface area contributed by atoms with E-state index in [0.29, 0.717) is 12.2 Å². The Balaban J connectivity index is 1.84. The van der Waals surface area contributed by atoms with Crippen LogP contribution in [0.2, 0.25) is 0 Å². The first kappa shape index (κ1) is 11.5. The minimum Gasteiger partial charge on any atom is -0.339 e. The van der Waals surface area contributed by atoms with E-state index in [1.165, 1.54) is 0 Å². The zero-order valence-electron chi connectivity index (χ0n) is 10.3. The van der Waals surface area contributed by atoms with Crippen molar-refractivity contribution in [2.75, 3.05) is 0 Å². The topological polar surface area (TPSA) is 39.8 Å². The van der Waals surface area contributed by atoms with Gasteiger partial charge >= 0.3 is 0 Å². The largest absolute Gasteiger partial charge is 0.339 e. The van der Waals surface area contributed by atoms with Gasteiger partial charge in [-0.3, -0.25) is 4.79 Å². The van der Waals surface area contributed by atoms with Crippen molar-refractivity contribution in [2.45, 2.75) is 6.54 Å². The smallest absolute Gasteiger partial charge is 0.166 e.